The van der Waals surface area contributed by atoms with Crippen molar-refractivity contribution < 1.29 is 19.1 Å². The Morgan fingerprint density at radius 3 is 2.22 bits per heavy atom. The van der Waals surface area contributed by atoms with Gasteiger partial charge in [-0.05, 0) is 62.2 Å². The zero-order valence-corrected chi connectivity index (χ0v) is 21.5. The number of ether oxygens (including phenoxy) is 1. The first-order valence-corrected chi connectivity index (χ1v) is 11.7. The fourth-order valence-electron chi connectivity index (χ4n) is 3.70. The molecule has 1 aliphatic heterocycles. The van der Waals surface area contributed by atoms with Crippen LogP contribution in [0.1, 0.15) is 27.0 Å². The molecular formula is C27H23Cl2N3O4. The predicted molar refractivity (Wildman–Crippen MR) is 142 cm³/mol. The minimum Gasteiger partial charge on any atom is -0.495 e. The molecule has 0 fully saturated rings. The van der Waals surface area contributed by atoms with Crippen LogP contribution in [0.25, 0.3) is 0 Å². The number of carbonyl (C=O) groups excluding carboxylic acids is 3. The molecule has 0 saturated carbocycles. The van der Waals surface area contributed by atoms with E-state index >= 15 is 0 Å². The summed E-state index contributed by atoms with van der Waals surface area (Å²) in [6.45, 7) is 5.54. The number of halogens is 2. The largest absolute Gasteiger partial charge is 0.495 e. The van der Waals surface area contributed by atoms with Gasteiger partial charge in [0.25, 0.3) is 17.7 Å². The second kappa shape index (κ2) is 10.0. The summed E-state index contributed by atoms with van der Waals surface area (Å²) in [7, 11) is 1.49. The van der Waals surface area contributed by atoms with Gasteiger partial charge in [0.1, 0.15) is 16.5 Å². The van der Waals surface area contributed by atoms with Crippen molar-refractivity contribution in [2.75, 3.05) is 22.6 Å². The van der Waals surface area contributed by atoms with Crippen LogP contribution in [-0.2, 0) is 9.59 Å². The Bertz CT molecular complexity index is 1430. The third-order valence-corrected chi connectivity index (χ3v) is 6.57. The van der Waals surface area contributed by atoms with E-state index in [4.69, 9.17) is 27.9 Å². The van der Waals surface area contributed by atoms with E-state index in [0.29, 0.717) is 33.4 Å². The number of aryl methyl sites for hydroxylation is 3. The van der Waals surface area contributed by atoms with Gasteiger partial charge < -0.3 is 15.4 Å². The minimum atomic E-state index is -0.621. The van der Waals surface area contributed by atoms with Crippen molar-refractivity contribution in [2.24, 2.45) is 0 Å². The summed E-state index contributed by atoms with van der Waals surface area (Å²) >= 11 is 12.4. The highest BCUT2D eigenvalue weighted by molar-refractivity contribution is 6.53. The Balaban J connectivity index is 1.59. The van der Waals surface area contributed by atoms with E-state index in [2.05, 4.69) is 10.6 Å². The van der Waals surface area contributed by atoms with Gasteiger partial charge in [0, 0.05) is 22.3 Å². The number of amides is 3. The highest BCUT2D eigenvalue weighted by Gasteiger charge is 2.39. The molecule has 2 N–H and O–H groups in total. The summed E-state index contributed by atoms with van der Waals surface area (Å²) in [5.74, 6) is -1.17. The number of anilines is 3. The Labute approximate surface area is 218 Å². The van der Waals surface area contributed by atoms with Crippen LogP contribution in [0, 0.1) is 20.8 Å². The third kappa shape index (κ3) is 4.80. The molecule has 0 aromatic heterocycles. The van der Waals surface area contributed by atoms with Crippen molar-refractivity contribution in [3.05, 3.63) is 92.6 Å². The molecule has 9 heteroatoms. The number of methoxy groups -OCH3 is 1. The number of carbonyl (C=O) groups is 3. The molecule has 3 aromatic carbocycles. The van der Waals surface area contributed by atoms with E-state index in [1.807, 2.05) is 20.8 Å². The monoisotopic (exact) mass is 523 g/mol. The molecule has 3 aromatic rings. The minimum absolute atomic E-state index is 0.0575. The second-order valence-electron chi connectivity index (χ2n) is 8.38. The predicted octanol–water partition coefficient (Wildman–Crippen LogP) is 5.96. The lowest BCUT2D eigenvalue weighted by molar-refractivity contribution is -0.120. The third-order valence-electron chi connectivity index (χ3n) is 5.81. The van der Waals surface area contributed by atoms with Gasteiger partial charge in [0.15, 0.2) is 0 Å². The van der Waals surface area contributed by atoms with Crippen LogP contribution < -0.4 is 20.3 Å². The molecular weight excluding hydrogens is 501 g/mol. The van der Waals surface area contributed by atoms with Crippen LogP contribution in [0.15, 0.2) is 65.3 Å². The Morgan fingerprint density at radius 2 is 1.56 bits per heavy atom. The van der Waals surface area contributed by atoms with Crippen molar-refractivity contribution in [3.8, 4) is 5.75 Å². The molecule has 0 unspecified atom stereocenters. The van der Waals surface area contributed by atoms with E-state index < -0.39 is 17.7 Å². The molecule has 0 bridgehead atoms. The summed E-state index contributed by atoms with van der Waals surface area (Å²) < 4.78 is 5.33. The Hall–Kier alpha value is -3.81. The quantitative estimate of drug-likeness (QED) is 0.389. The lowest BCUT2D eigenvalue weighted by atomic mass is 10.1. The normalized spacial score (nSPS) is 13.3. The fourth-order valence-corrected chi connectivity index (χ4v) is 4.06. The maximum atomic E-state index is 13.1. The summed E-state index contributed by atoms with van der Waals surface area (Å²) in [6, 6.07) is 15.3. The number of nitrogens with zero attached hydrogens (tertiary/aromatic N) is 1. The maximum Gasteiger partial charge on any atom is 0.283 e. The molecule has 0 atom stereocenters. The van der Waals surface area contributed by atoms with Gasteiger partial charge in [-0.2, -0.15) is 0 Å². The SMILES string of the molecule is COc1cc(Cl)c(C)cc1NC(=O)c1ccc(C)c(NC2=C(Cl)C(=O)N(c3ccc(C)cc3)C2=O)c1. The average molecular weight is 524 g/mol. The molecule has 36 heavy (non-hydrogen) atoms. The molecule has 3 amide bonds. The molecule has 1 aliphatic rings. The molecule has 0 aliphatic carbocycles. The fraction of sp³-hybridized carbons (Fsp3) is 0.148. The van der Waals surface area contributed by atoms with Gasteiger partial charge in [0.2, 0.25) is 0 Å². The average Bonchev–Trinajstić information content (AvgIpc) is 3.06. The van der Waals surface area contributed by atoms with Crippen molar-refractivity contribution in [1.82, 2.24) is 0 Å². The van der Waals surface area contributed by atoms with Gasteiger partial charge in [-0.3, -0.25) is 14.4 Å². The summed E-state index contributed by atoms with van der Waals surface area (Å²) in [4.78, 5) is 39.9. The second-order valence-corrected chi connectivity index (χ2v) is 9.17. The molecule has 184 valence electrons. The molecule has 0 radical (unpaired) electrons. The van der Waals surface area contributed by atoms with Crippen LogP contribution >= 0.6 is 23.2 Å². The van der Waals surface area contributed by atoms with Gasteiger partial charge in [0.05, 0.1) is 18.5 Å². The van der Waals surface area contributed by atoms with E-state index in [1.54, 1.807) is 54.6 Å². The maximum absolute atomic E-state index is 13.1. The van der Waals surface area contributed by atoms with Crippen LogP contribution in [0.3, 0.4) is 0 Å². The Kier molecular flexibility index (Phi) is 7.06. The number of hydrogen-bond acceptors (Lipinski definition) is 5. The van der Waals surface area contributed by atoms with E-state index in [1.165, 1.54) is 7.11 Å². The zero-order valence-electron chi connectivity index (χ0n) is 20.0. The Morgan fingerprint density at radius 1 is 0.861 bits per heavy atom. The molecule has 7 nitrogen and oxygen atoms in total. The van der Waals surface area contributed by atoms with Crippen LogP contribution in [0.4, 0.5) is 17.1 Å². The molecule has 0 spiro atoms. The van der Waals surface area contributed by atoms with Crippen LogP contribution in [-0.4, -0.2) is 24.8 Å². The molecule has 4 rings (SSSR count). The van der Waals surface area contributed by atoms with E-state index in [9.17, 15) is 14.4 Å². The highest BCUT2D eigenvalue weighted by Crippen LogP contribution is 2.33. The highest BCUT2D eigenvalue weighted by atomic mass is 35.5. The van der Waals surface area contributed by atoms with E-state index in [-0.39, 0.29) is 10.7 Å². The standard InChI is InChI=1S/C27H23Cl2N3O4/c1-14-5-9-18(10-6-14)32-26(34)23(29)24(27(32)35)30-20-12-17(8-7-15(20)2)25(33)31-21-11-16(3)19(28)13-22(21)36-4/h5-13,30H,1-4H3,(H,31,33). The first-order valence-electron chi connectivity index (χ1n) is 11.0. The van der Waals surface area contributed by atoms with Crippen molar-refractivity contribution in [2.45, 2.75) is 20.8 Å². The summed E-state index contributed by atoms with van der Waals surface area (Å²) in [5, 5.41) is 6.08. The topological polar surface area (TPSA) is 87.7 Å². The number of rotatable bonds is 6. The van der Waals surface area contributed by atoms with Crippen LogP contribution in [0.5, 0.6) is 5.75 Å². The lowest BCUT2D eigenvalue weighted by Crippen LogP contribution is -2.32. The number of benzene rings is 3. The van der Waals surface area contributed by atoms with Gasteiger partial charge in [-0.1, -0.05) is 47.0 Å². The van der Waals surface area contributed by atoms with Crippen molar-refractivity contribution in [1.29, 1.82) is 0 Å². The van der Waals surface area contributed by atoms with E-state index in [0.717, 1.165) is 21.6 Å². The van der Waals surface area contributed by atoms with Gasteiger partial charge in [-0.25, -0.2) is 4.90 Å². The molecule has 1 heterocycles. The van der Waals surface area contributed by atoms with Gasteiger partial charge >= 0.3 is 0 Å². The van der Waals surface area contributed by atoms with Crippen LogP contribution in [0.2, 0.25) is 5.02 Å². The first-order chi connectivity index (χ1) is 17.1. The number of hydrogen-bond donors (Lipinski definition) is 2. The van der Waals surface area contributed by atoms with Crippen molar-refractivity contribution >= 4 is 58.0 Å². The summed E-state index contributed by atoms with van der Waals surface area (Å²) in [5.41, 5.74) is 4.13. The number of nitrogens with one attached hydrogen (secondary N) is 2. The zero-order chi connectivity index (χ0) is 26.1. The first kappa shape index (κ1) is 25.3. The molecule has 0 saturated heterocycles. The summed E-state index contributed by atoms with van der Waals surface area (Å²) in [6.07, 6.45) is 0. The lowest BCUT2D eigenvalue weighted by Gasteiger charge is -2.16. The van der Waals surface area contributed by atoms with Crippen molar-refractivity contribution in [3.63, 3.8) is 0 Å². The number of imide groups is 1. The van der Waals surface area contributed by atoms with Gasteiger partial charge in [-0.15, -0.1) is 0 Å². The smallest absolute Gasteiger partial charge is 0.283 e.